The number of hydrogen-bond donors (Lipinski definition) is 2. The highest BCUT2D eigenvalue weighted by Crippen LogP contribution is 2.22. The van der Waals surface area contributed by atoms with E-state index in [1.165, 1.54) is 23.8 Å². The van der Waals surface area contributed by atoms with Gasteiger partial charge in [-0.15, -0.1) is 0 Å². The molecule has 1 aliphatic heterocycles. The number of carbonyl (C=O) groups excluding carboxylic acids is 1. The molecule has 1 fully saturated rings. The van der Waals surface area contributed by atoms with Gasteiger partial charge in [-0.1, -0.05) is 29.3 Å². The molecule has 2 amide bonds. The van der Waals surface area contributed by atoms with Crippen LogP contribution >= 0.6 is 11.6 Å². The molecule has 1 aliphatic rings. The first-order valence-electron chi connectivity index (χ1n) is 10.3. The van der Waals surface area contributed by atoms with Crippen LogP contribution < -0.4 is 15.5 Å². The molecule has 7 nitrogen and oxygen atoms in total. The molecule has 0 atom stereocenters. The molecule has 2 aromatic carbocycles. The van der Waals surface area contributed by atoms with E-state index >= 15 is 0 Å². The van der Waals surface area contributed by atoms with Crippen molar-refractivity contribution in [1.82, 2.24) is 14.9 Å². The Kier molecular flexibility index (Phi) is 6.41. The third-order valence-electron chi connectivity index (χ3n) is 5.21. The molecule has 3 aromatic rings. The average Bonchev–Trinajstić information content (AvgIpc) is 2.77. The zero-order valence-corrected chi connectivity index (χ0v) is 18.7. The Labute approximate surface area is 191 Å². The van der Waals surface area contributed by atoms with Gasteiger partial charge in [-0.05, 0) is 44.2 Å². The smallest absolute Gasteiger partial charge is 0.321 e. The molecule has 32 heavy (non-hydrogen) atoms. The van der Waals surface area contributed by atoms with E-state index in [-0.39, 0.29) is 11.1 Å². The third kappa shape index (κ3) is 5.26. The Morgan fingerprint density at radius 1 is 0.969 bits per heavy atom. The maximum Gasteiger partial charge on any atom is 0.321 e. The molecule has 2 heterocycles. The summed E-state index contributed by atoms with van der Waals surface area (Å²) in [5.74, 6) is 1.70. The Hall–Kier alpha value is -3.39. The monoisotopic (exact) mass is 454 g/mol. The largest absolute Gasteiger partial charge is 0.353 e. The summed E-state index contributed by atoms with van der Waals surface area (Å²) in [7, 11) is 0. The third-order valence-corrected chi connectivity index (χ3v) is 5.50. The van der Waals surface area contributed by atoms with Crippen molar-refractivity contribution in [2.45, 2.75) is 13.8 Å². The number of amides is 2. The first kappa shape index (κ1) is 21.8. The van der Waals surface area contributed by atoms with E-state index < -0.39 is 5.82 Å². The Balaban J connectivity index is 1.38. The number of piperazine rings is 1. The van der Waals surface area contributed by atoms with Crippen molar-refractivity contribution in [1.29, 1.82) is 0 Å². The van der Waals surface area contributed by atoms with E-state index in [1.807, 2.05) is 44.2 Å². The number of aryl methyl sites for hydroxylation is 2. The normalized spacial score (nSPS) is 13.8. The van der Waals surface area contributed by atoms with Crippen LogP contribution in [0.25, 0.3) is 0 Å². The minimum absolute atomic E-state index is 0.0261. The van der Waals surface area contributed by atoms with Gasteiger partial charge in [0, 0.05) is 43.6 Å². The molecular formula is C23H24ClFN6O. The fourth-order valence-electron chi connectivity index (χ4n) is 3.48. The molecule has 2 N–H and O–H groups in total. The Morgan fingerprint density at radius 3 is 2.34 bits per heavy atom. The van der Waals surface area contributed by atoms with Gasteiger partial charge >= 0.3 is 6.03 Å². The average molecular weight is 455 g/mol. The number of hydrogen-bond acceptors (Lipinski definition) is 5. The molecule has 1 saturated heterocycles. The van der Waals surface area contributed by atoms with Crippen LogP contribution in [0.15, 0.2) is 48.5 Å². The first-order chi connectivity index (χ1) is 15.4. The lowest BCUT2D eigenvalue weighted by molar-refractivity contribution is 0.208. The van der Waals surface area contributed by atoms with Crippen LogP contribution in [0.5, 0.6) is 0 Å². The maximum atomic E-state index is 13.3. The molecule has 0 aliphatic carbocycles. The van der Waals surface area contributed by atoms with Crippen molar-refractivity contribution in [2.24, 2.45) is 0 Å². The summed E-state index contributed by atoms with van der Waals surface area (Å²) < 4.78 is 13.3. The lowest BCUT2D eigenvalue weighted by atomic mass is 10.2. The minimum Gasteiger partial charge on any atom is -0.353 e. The van der Waals surface area contributed by atoms with E-state index in [9.17, 15) is 9.18 Å². The molecule has 0 bridgehead atoms. The van der Waals surface area contributed by atoms with E-state index in [4.69, 9.17) is 11.6 Å². The molecule has 9 heteroatoms. The van der Waals surface area contributed by atoms with Gasteiger partial charge in [0.25, 0.3) is 0 Å². The molecule has 0 saturated carbocycles. The lowest BCUT2D eigenvalue weighted by Crippen LogP contribution is -2.50. The van der Waals surface area contributed by atoms with Gasteiger partial charge in [-0.3, -0.25) is 0 Å². The zero-order chi connectivity index (χ0) is 22.7. The Bertz CT molecular complexity index is 1120. The van der Waals surface area contributed by atoms with E-state index in [2.05, 4.69) is 25.5 Å². The predicted octanol–water partition coefficient (Wildman–Crippen LogP) is 4.98. The highest BCUT2D eigenvalue weighted by molar-refractivity contribution is 6.31. The minimum atomic E-state index is -0.519. The topological polar surface area (TPSA) is 73.4 Å². The van der Waals surface area contributed by atoms with Gasteiger partial charge in [0.05, 0.1) is 5.02 Å². The number of carbonyl (C=O) groups is 1. The summed E-state index contributed by atoms with van der Waals surface area (Å²) in [6, 6.07) is 13.9. The summed E-state index contributed by atoms with van der Waals surface area (Å²) in [5, 5.41) is 6.06. The highest BCUT2D eigenvalue weighted by atomic mass is 35.5. The second kappa shape index (κ2) is 9.40. The fraction of sp³-hybridized carbons (Fsp3) is 0.261. The number of anilines is 4. The van der Waals surface area contributed by atoms with E-state index in [0.29, 0.717) is 37.7 Å². The van der Waals surface area contributed by atoms with Gasteiger partial charge in [0.2, 0.25) is 0 Å². The quantitative estimate of drug-likeness (QED) is 0.581. The standard InChI is InChI=1S/C23H24ClFN6O/c1-15-3-5-17(6-4-15)28-21-14-22(27-16(2)26-21)30-9-11-31(12-10-30)23(32)29-18-7-8-20(25)19(24)13-18/h3-8,13-14H,9-12H2,1-2H3,(H,29,32)(H,26,27,28). The summed E-state index contributed by atoms with van der Waals surface area (Å²) in [5.41, 5.74) is 2.61. The van der Waals surface area contributed by atoms with Crippen LogP contribution in [0.4, 0.5) is 32.2 Å². The number of aromatic nitrogens is 2. The van der Waals surface area contributed by atoms with Gasteiger partial charge in [0.1, 0.15) is 23.3 Å². The number of benzene rings is 2. The number of halogens is 2. The molecule has 166 valence electrons. The van der Waals surface area contributed by atoms with Gasteiger partial charge in [-0.25, -0.2) is 19.2 Å². The Morgan fingerprint density at radius 2 is 1.66 bits per heavy atom. The highest BCUT2D eigenvalue weighted by Gasteiger charge is 2.23. The van der Waals surface area contributed by atoms with Crippen molar-refractivity contribution in [3.63, 3.8) is 0 Å². The van der Waals surface area contributed by atoms with Gasteiger partial charge in [-0.2, -0.15) is 0 Å². The first-order valence-corrected chi connectivity index (χ1v) is 10.7. The molecule has 4 rings (SSSR count). The van der Waals surface area contributed by atoms with Crippen LogP contribution in [-0.2, 0) is 0 Å². The number of rotatable bonds is 4. The SMILES string of the molecule is Cc1ccc(Nc2cc(N3CCN(C(=O)Nc4ccc(F)c(Cl)c4)CC3)nc(C)n2)cc1. The van der Waals surface area contributed by atoms with Crippen LogP contribution in [0.3, 0.4) is 0 Å². The number of nitrogens with one attached hydrogen (secondary N) is 2. The van der Waals surface area contributed by atoms with Crippen molar-refractivity contribution in [3.05, 3.63) is 70.8 Å². The van der Waals surface area contributed by atoms with Crippen LogP contribution in [-0.4, -0.2) is 47.1 Å². The van der Waals surface area contributed by atoms with Crippen molar-refractivity contribution in [2.75, 3.05) is 41.7 Å². The van der Waals surface area contributed by atoms with E-state index in [1.54, 1.807) is 4.90 Å². The summed E-state index contributed by atoms with van der Waals surface area (Å²) in [4.78, 5) is 25.5. The van der Waals surface area contributed by atoms with Crippen molar-refractivity contribution >= 4 is 40.6 Å². The second-order valence-electron chi connectivity index (χ2n) is 7.68. The number of nitrogens with zero attached hydrogens (tertiary/aromatic N) is 4. The molecule has 0 radical (unpaired) electrons. The van der Waals surface area contributed by atoms with Crippen LogP contribution in [0, 0.1) is 19.7 Å². The van der Waals surface area contributed by atoms with E-state index in [0.717, 1.165) is 17.3 Å². The molecule has 0 unspecified atom stereocenters. The van der Waals surface area contributed by atoms with Crippen molar-refractivity contribution < 1.29 is 9.18 Å². The second-order valence-corrected chi connectivity index (χ2v) is 8.09. The zero-order valence-electron chi connectivity index (χ0n) is 17.9. The van der Waals surface area contributed by atoms with Crippen LogP contribution in [0.1, 0.15) is 11.4 Å². The predicted molar refractivity (Wildman–Crippen MR) is 125 cm³/mol. The van der Waals surface area contributed by atoms with Gasteiger partial charge in [0.15, 0.2) is 0 Å². The maximum absolute atomic E-state index is 13.3. The summed E-state index contributed by atoms with van der Waals surface area (Å²) in [6.45, 7) is 6.25. The molecule has 0 spiro atoms. The number of urea groups is 1. The van der Waals surface area contributed by atoms with Crippen LogP contribution in [0.2, 0.25) is 5.02 Å². The van der Waals surface area contributed by atoms with Gasteiger partial charge < -0.3 is 20.4 Å². The lowest BCUT2D eigenvalue weighted by Gasteiger charge is -2.35. The fourth-order valence-corrected chi connectivity index (χ4v) is 3.66. The summed E-state index contributed by atoms with van der Waals surface area (Å²) >= 11 is 5.79. The molecule has 1 aromatic heterocycles. The summed E-state index contributed by atoms with van der Waals surface area (Å²) in [6.07, 6.45) is 0. The van der Waals surface area contributed by atoms with Crippen molar-refractivity contribution in [3.8, 4) is 0 Å². The molecular weight excluding hydrogens is 431 g/mol.